The summed E-state index contributed by atoms with van der Waals surface area (Å²) in [6.07, 6.45) is 9.23. The van der Waals surface area contributed by atoms with Crippen LogP contribution in [0.15, 0.2) is 35.6 Å². The Morgan fingerprint density at radius 1 is 1.15 bits per heavy atom. The fraction of sp³-hybridized carbons (Fsp3) is 0.500. The number of ether oxygens (including phenoxy) is 2. The fourth-order valence-corrected chi connectivity index (χ4v) is 3.20. The highest BCUT2D eigenvalue weighted by atomic mass is 16.5. The molecule has 2 aromatic rings. The number of methoxy groups -OCH3 is 1. The van der Waals surface area contributed by atoms with Crippen molar-refractivity contribution in [1.82, 2.24) is 4.57 Å². The summed E-state index contributed by atoms with van der Waals surface area (Å²) in [5.41, 5.74) is 1.61. The van der Waals surface area contributed by atoms with Gasteiger partial charge >= 0.3 is 0 Å². The summed E-state index contributed by atoms with van der Waals surface area (Å²) in [6.45, 7) is 7.06. The molecule has 0 aliphatic rings. The molecule has 0 atom stereocenters. The van der Waals surface area contributed by atoms with E-state index >= 15 is 0 Å². The molecular weight excluding hydrogens is 340 g/mol. The van der Waals surface area contributed by atoms with Crippen LogP contribution in [0, 0.1) is 0 Å². The van der Waals surface area contributed by atoms with Gasteiger partial charge in [0.05, 0.1) is 12.6 Å². The van der Waals surface area contributed by atoms with Gasteiger partial charge in [-0.25, -0.2) is 0 Å². The molecule has 0 unspecified atom stereocenters. The van der Waals surface area contributed by atoms with E-state index < -0.39 is 0 Å². The van der Waals surface area contributed by atoms with Crippen LogP contribution >= 0.6 is 0 Å². The van der Waals surface area contributed by atoms with Gasteiger partial charge < -0.3 is 19.4 Å². The second-order valence-electron chi connectivity index (χ2n) is 6.75. The summed E-state index contributed by atoms with van der Waals surface area (Å²) in [6, 6.07) is 5.98. The summed E-state index contributed by atoms with van der Waals surface area (Å²) >= 11 is 0. The molecule has 27 heavy (non-hydrogen) atoms. The number of benzene rings is 1. The van der Waals surface area contributed by atoms with Gasteiger partial charge in [-0.2, -0.15) is 0 Å². The molecule has 5 nitrogen and oxygen atoms in total. The molecule has 1 aromatic heterocycles. The molecule has 1 aromatic carbocycles. The predicted molar refractivity (Wildman–Crippen MR) is 113 cm³/mol. The third-order valence-corrected chi connectivity index (χ3v) is 4.72. The molecule has 0 amide bonds. The number of rotatable bonds is 12. The Labute approximate surface area is 162 Å². The Morgan fingerprint density at radius 3 is 2.59 bits per heavy atom. The molecule has 0 aliphatic carbocycles. The number of nitrogens with zero attached hydrogens (tertiary/aromatic N) is 1. The predicted octanol–water partition coefficient (Wildman–Crippen LogP) is 4.88. The number of unbranched alkanes of at least 4 members (excludes halogenated alkanes) is 5. The molecular formula is C22H32N2O3. The van der Waals surface area contributed by atoms with Crippen LogP contribution in [0.1, 0.15) is 45.4 Å². The first kappa shape index (κ1) is 20.9. The molecule has 2 rings (SSSR count). The van der Waals surface area contributed by atoms with Crippen molar-refractivity contribution < 1.29 is 9.47 Å². The highest BCUT2D eigenvalue weighted by Gasteiger charge is 2.17. The van der Waals surface area contributed by atoms with Gasteiger partial charge in [0.2, 0.25) is 5.75 Å². The SMILES string of the molecule is C=CCOc1c(OC)c2ccc(NCCCCCCCC)cc2n(C)c1=O. The number of fused-ring (bicyclic) bond motifs is 1. The van der Waals surface area contributed by atoms with Crippen LogP contribution in [0.5, 0.6) is 11.5 Å². The van der Waals surface area contributed by atoms with E-state index in [0.29, 0.717) is 5.75 Å². The molecule has 0 bridgehead atoms. The number of hydrogen-bond acceptors (Lipinski definition) is 4. The zero-order valence-electron chi connectivity index (χ0n) is 16.8. The van der Waals surface area contributed by atoms with Crippen molar-refractivity contribution in [1.29, 1.82) is 0 Å². The molecule has 0 aliphatic heterocycles. The maximum absolute atomic E-state index is 12.7. The quantitative estimate of drug-likeness (QED) is 0.426. The first-order valence-corrected chi connectivity index (χ1v) is 9.82. The molecule has 1 N–H and O–H groups in total. The number of aryl methyl sites for hydroxylation is 1. The average molecular weight is 373 g/mol. The van der Waals surface area contributed by atoms with Crippen LogP contribution in [0.2, 0.25) is 0 Å². The lowest BCUT2D eigenvalue weighted by Crippen LogP contribution is -2.21. The first-order valence-electron chi connectivity index (χ1n) is 9.82. The second kappa shape index (κ2) is 10.7. The van der Waals surface area contributed by atoms with Crippen molar-refractivity contribution >= 4 is 16.6 Å². The lowest BCUT2D eigenvalue weighted by molar-refractivity contribution is 0.322. The van der Waals surface area contributed by atoms with E-state index in [-0.39, 0.29) is 17.9 Å². The van der Waals surface area contributed by atoms with Gasteiger partial charge in [0.1, 0.15) is 6.61 Å². The monoisotopic (exact) mass is 372 g/mol. The fourth-order valence-electron chi connectivity index (χ4n) is 3.20. The van der Waals surface area contributed by atoms with Gasteiger partial charge in [-0.05, 0) is 24.6 Å². The summed E-state index contributed by atoms with van der Waals surface area (Å²) in [5.74, 6) is 0.692. The van der Waals surface area contributed by atoms with Gasteiger partial charge in [-0.3, -0.25) is 4.79 Å². The van der Waals surface area contributed by atoms with E-state index in [4.69, 9.17) is 9.47 Å². The summed E-state index contributed by atoms with van der Waals surface area (Å²) in [7, 11) is 3.31. The van der Waals surface area contributed by atoms with Gasteiger partial charge in [0.25, 0.3) is 5.56 Å². The number of hydrogen-bond donors (Lipinski definition) is 1. The summed E-state index contributed by atoms with van der Waals surface area (Å²) < 4.78 is 12.6. The molecule has 0 radical (unpaired) electrons. The standard InChI is InChI=1S/C22H32N2O3/c1-5-7-8-9-10-11-14-23-17-12-13-18-19(16-17)24(3)22(25)21(20(18)26-4)27-15-6-2/h6,12-13,16,23H,2,5,7-11,14-15H2,1,3-4H3. The highest BCUT2D eigenvalue weighted by molar-refractivity contribution is 5.90. The Bertz CT molecular complexity index is 811. The van der Waals surface area contributed by atoms with Crippen molar-refractivity contribution in [2.75, 3.05) is 25.6 Å². The molecule has 1 heterocycles. The Balaban J connectivity index is 2.15. The molecule has 148 valence electrons. The van der Waals surface area contributed by atoms with Crippen molar-refractivity contribution in [3.05, 3.63) is 41.2 Å². The number of aromatic nitrogens is 1. The molecule has 5 heteroatoms. The smallest absolute Gasteiger partial charge is 0.297 e. The van der Waals surface area contributed by atoms with Crippen LogP contribution in [-0.2, 0) is 7.05 Å². The van der Waals surface area contributed by atoms with Crippen molar-refractivity contribution in [3.8, 4) is 11.5 Å². The minimum absolute atomic E-state index is 0.214. The second-order valence-corrected chi connectivity index (χ2v) is 6.75. The van der Waals surface area contributed by atoms with Crippen molar-refractivity contribution in [2.24, 2.45) is 7.05 Å². The molecule has 0 saturated heterocycles. The normalized spacial score (nSPS) is 10.8. The number of pyridine rings is 1. The van der Waals surface area contributed by atoms with E-state index in [9.17, 15) is 4.79 Å². The van der Waals surface area contributed by atoms with Crippen molar-refractivity contribution in [2.45, 2.75) is 45.4 Å². The Hall–Kier alpha value is -2.43. The first-order chi connectivity index (χ1) is 13.1. The van der Waals surface area contributed by atoms with Gasteiger partial charge in [-0.1, -0.05) is 51.7 Å². The molecule has 0 fully saturated rings. The van der Waals surface area contributed by atoms with Gasteiger partial charge in [0, 0.05) is 24.7 Å². The number of anilines is 1. The zero-order valence-corrected chi connectivity index (χ0v) is 16.8. The van der Waals surface area contributed by atoms with E-state index in [1.54, 1.807) is 24.8 Å². The van der Waals surface area contributed by atoms with E-state index in [2.05, 4.69) is 18.8 Å². The summed E-state index contributed by atoms with van der Waals surface area (Å²) in [5, 5.41) is 4.31. The van der Waals surface area contributed by atoms with Crippen LogP contribution in [0.4, 0.5) is 5.69 Å². The van der Waals surface area contributed by atoms with Crippen LogP contribution in [0.3, 0.4) is 0 Å². The van der Waals surface area contributed by atoms with Gasteiger partial charge in [-0.15, -0.1) is 0 Å². The minimum atomic E-state index is -0.214. The van der Waals surface area contributed by atoms with Gasteiger partial charge in [0.15, 0.2) is 5.75 Å². The van der Waals surface area contributed by atoms with Crippen LogP contribution in [0.25, 0.3) is 10.9 Å². The Morgan fingerprint density at radius 2 is 1.89 bits per heavy atom. The molecule has 0 saturated carbocycles. The van der Waals surface area contributed by atoms with E-state index in [1.165, 1.54) is 32.1 Å². The third-order valence-electron chi connectivity index (χ3n) is 4.72. The largest absolute Gasteiger partial charge is 0.492 e. The van der Waals surface area contributed by atoms with E-state index in [0.717, 1.165) is 29.6 Å². The lowest BCUT2D eigenvalue weighted by atomic mass is 10.1. The summed E-state index contributed by atoms with van der Waals surface area (Å²) in [4.78, 5) is 12.7. The van der Waals surface area contributed by atoms with Crippen molar-refractivity contribution in [3.63, 3.8) is 0 Å². The van der Waals surface area contributed by atoms with Crippen LogP contribution in [-0.4, -0.2) is 24.8 Å². The maximum Gasteiger partial charge on any atom is 0.297 e. The number of nitrogens with one attached hydrogen (secondary N) is 1. The topological polar surface area (TPSA) is 52.5 Å². The highest BCUT2D eigenvalue weighted by Crippen LogP contribution is 2.33. The zero-order chi connectivity index (χ0) is 19.6. The average Bonchev–Trinajstić information content (AvgIpc) is 2.69. The Kier molecular flexibility index (Phi) is 8.24. The van der Waals surface area contributed by atoms with E-state index in [1.807, 2.05) is 18.2 Å². The molecule has 0 spiro atoms. The van der Waals surface area contributed by atoms with Crippen LogP contribution < -0.4 is 20.3 Å². The minimum Gasteiger partial charge on any atom is -0.492 e. The lowest BCUT2D eigenvalue weighted by Gasteiger charge is -2.16. The third kappa shape index (κ3) is 5.28. The maximum atomic E-state index is 12.7.